The number of carbonyl (C=O) groups excluding carboxylic acids is 1. The second-order valence-corrected chi connectivity index (χ2v) is 10.7. The van der Waals surface area contributed by atoms with Gasteiger partial charge in [0.25, 0.3) is 11.5 Å². The van der Waals surface area contributed by atoms with Crippen molar-refractivity contribution in [2.24, 2.45) is 0 Å². The van der Waals surface area contributed by atoms with E-state index in [4.69, 9.17) is 21.7 Å². The van der Waals surface area contributed by atoms with Gasteiger partial charge in [-0.25, -0.2) is 0 Å². The van der Waals surface area contributed by atoms with Crippen LogP contribution in [-0.2, 0) is 17.8 Å². The molecule has 1 saturated heterocycles. The molecule has 1 aliphatic rings. The number of pyridine rings is 1. The van der Waals surface area contributed by atoms with E-state index in [1.54, 1.807) is 36.7 Å². The summed E-state index contributed by atoms with van der Waals surface area (Å²) in [6, 6.07) is 7.80. The fraction of sp³-hybridized carbons (Fsp3) is 0.429. The van der Waals surface area contributed by atoms with E-state index in [-0.39, 0.29) is 23.1 Å². The van der Waals surface area contributed by atoms with E-state index in [0.29, 0.717) is 63.6 Å². The molecule has 0 bridgehead atoms. The normalized spacial score (nSPS) is 15.1. The molecule has 2 aromatic rings. The Kier molecular flexibility index (Phi) is 10.00. The minimum atomic E-state index is -0.343. The number of thioether (sulfide) groups is 1. The van der Waals surface area contributed by atoms with Gasteiger partial charge in [-0.15, -0.1) is 0 Å². The van der Waals surface area contributed by atoms with E-state index >= 15 is 0 Å². The van der Waals surface area contributed by atoms with E-state index in [0.717, 1.165) is 12.0 Å². The lowest BCUT2D eigenvalue weighted by molar-refractivity contribution is -0.123. The maximum Gasteiger partial charge on any atom is 0.270 e. The van der Waals surface area contributed by atoms with Gasteiger partial charge in [0, 0.05) is 24.7 Å². The van der Waals surface area contributed by atoms with Crippen LogP contribution in [0, 0.1) is 18.3 Å². The van der Waals surface area contributed by atoms with Gasteiger partial charge < -0.3 is 14.8 Å². The standard InChI is InChI=1S/C28H34N4O4S2/c1-7-13-31-25(30-12-11-19-9-10-22(35-5)23(14-19)36-6)20(18(4)21(16-29)26(31)33)15-24-27(34)32(17(3)8-2)28(37)38-24/h9-10,14-15,17,30H,7-8,11-13H2,1-6H3/b24-15+. The number of hydrogen-bond acceptors (Lipinski definition) is 8. The molecule has 0 radical (unpaired) electrons. The van der Waals surface area contributed by atoms with E-state index < -0.39 is 0 Å². The minimum absolute atomic E-state index is 0.0164. The van der Waals surface area contributed by atoms with E-state index in [1.807, 2.05) is 39.0 Å². The number of nitrogens with zero attached hydrogens (tertiary/aromatic N) is 3. The molecular formula is C28H34N4O4S2. The Morgan fingerprint density at radius 1 is 1.21 bits per heavy atom. The third-order valence-corrected chi connectivity index (χ3v) is 7.94. The first-order valence-electron chi connectivity index (χ1n) is 12.6. The highest BCUT2D eigenvalue weighted by Crippen LogP contribution is 2.36. The molecule has 1 fully saturated rings. The molecule has 1 amide bonds. The first-order valence-corrected chi connectivity index (χ1v) is 13.8. The summed E-state index contributed by atoms with van der Waals surface area (Å²) in [6.07, 6.45) is 3.90. The Balaban J connectivity index is 2.05. The summed E-state index contributed by atoms with van der Waals surface area (Å²) in [5, 5.41) is 13.2. The Hall–Kier alpha value is -3.29. The van der Waals surface area contributed by atoms with Gasteiger partial charge in [0.1, 0.15) is 21.8 Å². The number of methoxy groups -OCH3 is 2. The van der Waals surface area contributed by atoms with Crippen LogP contribution < -0.4 is 20.3 Å². The summed E-state index contributed by atoms with van der Waals surface area (Å²) in [6.45, 7) is 8.64. The average molecular weight is 555 g/mol. The predicted octanol–water partition coefficient (Wildman–Crippen LogP) is 5.11. The van der Waals surface area contributed by atoms with Gasteiger partial charge in [-0.1, -0.05) is 43.9 Å². The lowest BCUT2D eigenvalue weighted by atomic mass is 10.0. The van der Waals surface area contributed by atoms with Crippen molar-refractivity contribution < 1.29 is 14.3 Å². The summed E-state index contributed by atoms with van der Waals surface area (Å²) in [5.74, 6) is 1.73. The maximum absolute atomic E-state index is 13.3. The molecule has 0 spiro atoms. The molecule has 0 saturated carbocycles. The molecule has 202 valence electrons. The number of hydrogen-bond donors (Lipinski definition) is 1. The van der Waals surface area contributed by atoms with Gasteiger partial charge in [-0.3, -0.25) is 19.1 Å². The number of nitrogens with one attached hydrogen (secondary N) is 1. The maximum atomic E-state index is 13.3. The fourth-order valence-corrected chi connectivity index (χ4v) is 5.77. The van der Waals surface area contributed by atoms with Gasteiger partial charge in [-0.05, 0) is 62.4 Å². The zero-order valence-corrected chi connectivity index (χ0v) is 24.3. The van der Waals surface area contributed by atoms with Gasteiger partial charge in [0.2, 0.25) is 0 Å². The number of thiocarbonyl (C=S) groups is 1. The second kappa shape index (κ2) is 13.0. The smallest absolute Gasteiger partial charge is 0.270 e. The third kappa shape index (κ3) is 5.89. The second-order valence-electron chi connectivity index (χ2n) is 9.01. The van der Waals surface area contributed by atoms with Crippen LogP contribution in [0.5, 0.6) is 11.5 Å². The predicted molar refractivity (Wildman–Crippen MR) is 157 cm³/mol. The number of nitriles is 1. The molecule has 0 aliphatic carbocycles. The van der Waals surface area contributed by atoms with Crippen molar-refractivity contribution in [3.05, 3.63) is 55.7 Å². The Labute approximate surface area is 233 Å². The molecule has 1 aromatic heterocycles. The first-order chi connectivity index (χ1) is 18.2. The number of aromatic nitrogens is 1. The lowest BCUT2D eigenvalue weighted by Crippen LogP contribution is -2.36. The Morgan fingerprint density at radius 3 is 2.53 bits per heavy atom. The SMILES string of the molecule is CCCn1c(NCCc2ccc(OC)c(OC)c2)c(/C=C2/SC(=S)N(C(C)CC)C2=O)c(C)c(C#N)c1=O. The van der Waals surface area contributed by atoms with Gasteiger partial charge in [0.05, 0.1) is 19.1 Å². The molecule has 10 heteroatoms. The molecule has 1 aromatic carbocycles. The van der Waals surface area contributed by atoms with E-state index in [9.17, 15) is 14.9 Å². The Bertz CT molecular complexity index is 1360. The van der Waals surface area contributed by atoms with Crippen LogP contribution in [0.15, 0.2) is 27.9 Å². The van der Waals surface area contributed by atoms with Crippen LogP contribution in [0.4, 0.5) is 5.82 Å². The van der Waals surface area contributed by atoms with Crippen molar-refractivity contribution in [1.29, 1.82) is 5.26 Å². The number of rotatable bonds is 11. The van der Waals surface area contributed by atoms with E-state index in [2.05, 4.69) is 11.4 Å². The number of benzene rings is 1. The van der Waals surface area contributed by atoms with Crippen molar-refractivity contribution in [1.82, 2.24) is 9.47 Å². The monoisotopic (exact) mass is 554 g/mol. The van der Waals surface area contributed by atoms with Gasteiger partial charge in [0.15, 0.2) is 11.5 Å². The quantitative estimate of drug-likeness (QED) is 0.302. The van der Waals surface area contributed by atoms with Crippen LogP contribution in [0.3, 0.4) is 0 Å². The molecule has 1 aliphatic heterocycles. The molecule has 1 unspecified atom stereocenters. The van der Waals surface area contributed by atoms with Crippen LogP contribution in [0.2, 0.25) is 0 Å². The number of carbonyl (C=O) groups is 1. The molecule has 2 heterocycles. The summed E-state index contributed by atoms with van der Waals surface area (Å²) in [7, 11) is 3.19. The number of ether oxygens (including phenoxy) is 2. The fourth-order valence-electron chi connectivity index (χ4n) is 4.33. The van der Waals surface area contributed by atoms with Crippen LogP contribution in [0.1, 0.15) is 55.9 Å². The summed E-state index contributed by atoms with van der Waals surface area (Å²) in [4.78, 5) is 28.6. The largest absolute Gasteiger partial charge is 0.493 e. The molecule has 3 rings (SSSR count). The number of anilines is 1. The lowest BCUT2D eigenvalue weighted by Gasteiger charge is -2.21. The Morgan fingerprint density at radius 2 is 1.92 bits per heavy atom. The molecule has 38 heavy (non-hydrogen) atoms. The van der Waals surface area contributed by atoms with Crippen LogP contribution in [-0.4, -0.2) is 46.5 Å². The van der Waals surface area contributed by atoms with Crippen molar-refractivity contribution in [3.8, 4) is 17.6 Å². The average Bonchev–Trinajstić information content (AvgIpc) is 3.20. The highest BCUT2D eigenvalue weighted by Gasteiger charge is 2.35. The summed E-state index contributed by atoms with van der Waals surface area (Å²) < 4.78 is 12.9. The summed E-state index contributed by atoms with van der Waals surface area (Å²) in [5.41, 5.74) is 1.94. The van der Waals surface area contributed by atoms with Crippen molar-refractivity contribution in [2.45, 2.75) is 59.5 Å². The topological polar surface area (TPSA) is 96.6 Å². The van der Waals surface area contributed by atoms with Crippen molar-refractivity contribution in [2.75, 3.05) is 26.1 Å². The minimum Gasteiger partial charge on any atom is -0.493 e. The van der Waals surface area contributed by atoms with Gasteiger partial charge in [-0.2, -0.15) is 5.26 Å². The highest BCUT2D eigenvalue weighted by molar-refractivity contribution is 8.26. The van der Waals surface area contributed by atoms with E-state index in [1.165, 1.54) is 11.8 Å². The highest BCUT2D eigenvalue weighted by atomic mass is 32.2. The molecular weight excluding hydrogens is 520 g/mol. The molecule has 1 atom stereocenters. The molecule has 8 nitrogen and oxygen atoms in total. The van der Waals surface area contributed by atoms with Gasteiger partial charge >= 0.3 is 0 Å². The number of amides is 1. The van der Waals surface area contributed by atoms with Crippen molar-refractivity contribution >= 4 is 46.1 Å². The third-order valence-electron chi connectivity index (χ3n) is 6.61. The van der Waals surface area contributed by atoms with Crippen molar-refractivity contribution in [3.63, 3.8) is 0 Å². The van der Waals surface area contributed by atoms with Crippen LogP contribution in [0.25, 0.3) is 6.08 Å². The zero-order valence-electron chi connectivity index (χ0n) is 22.7. The first kappa shape index (κ1) is 29.3. The van der Waals surface area contributed by atoms with Crippen LogP contribution >= 0.6 is 24.0 Å². The molecule has 1 N–H and O–H groups in total. The summed E-state index contributed by atoms with van der Waals surface area (Å²) >= 11 is 6.75. The zero-order chi connectivity index (χ0) is 28.0.